The highest BCUT2D eigenvalue weighted by Gasteiger charge is 2.51. The SMILES string of the molecule is C1=Cc2ccc3oc4c(N(c5ccc(-c6ccccc6)cc5)c5ccc6c(c5)C5(c7ccccc7-c7ccccc75)c5ccccc5-6)cc(-c5ccccc5)cc4c3c2CC1. The molecule has 286 valence electrons. The Bertz CT molecular complexity index is 3350. The first-order chi connectivity index (χ1) is 30.3. The lowest BCUT2D eigenvalue weighted by molar-refractivity contribution is 0.668. The fraction of sp³-hybridized carbons (Fsp3) is 0.0508. The lowest BCUT2D eigenvalue weighted by atomic mass is 9.70. The Morgan fingerprint density at radius 1 is 0.443 bits per heavy atom. The Kier molecular flexibility index (Phi) is 7.38. The summed E-state index contributed by atoms with van der Waals surface area (Å²) >= 11 is 0. The first-order valence-corrected chi connectivity index (χ1v) is 21.4. The Labute approximate surface area is 355 Å². The molecule has 10 aromatic rings. The zero-order valence-electron chi connectivity index (χ0n) is 33.5. The van der Waals surface area contributed by atoms with E-state index in [4.69, 9.17) is 4.42 Å². The Balaban J connectivity index is 1.12. The molecule has 0 N–H and O–H groups in total. The largest absolute Gasteiger partial charge is 0.454 e. The molecule has 2 nitrogen and oxygen atoms in total. The van der Waals surface area contributed by atoms with Crippen molar-refractivity contribution in [2.24, 2.45) is 0 Å². The minimum atomic E-state index is -0.467. The van der Waals surface area contributed by atoms with E-state index in [2.05, 4.69) is 217 Å². The number of rotatable bonds is 5. The molecule has 0 aliphatic heterocycles. The minimum Gasteiger partial charge on any atom is -0.454 e. The van der Waals surface area contributed by atoms with Gasteiger partial charge in [-0.05, 0) is 133 Å². The van der Waals surface area contributed by atoms with Crippen LogP contribution in [0.2, 0.25) is 0 Å². The molecule has 1 spiro atoms. The van der Waals surface area contributed by atoms with Crippen molar-refractivity contribution in [2.45, 2.75) is 18.3 Å². The van der Waals surface area contributed by atoms with Gasteiger partial charge in [0.25, 0.3) is 0 Å². The molecule has 13 rings (SSSR count). The van der Waals surface area contributed by atoms with Crippen molar-refractivity contribution in [3.63, 3.8) is 0 Å². The second kappa shape index (κ2) is 13.2. The molecule has 9 aromatic carbocycles. The van der Waals surface area contributed by atoms with E-state index in [1.54, 1.807) is 0 Å². The van der Waals surface area contributed by atoms with Gasteiger partial charge >= 0.3 is 0 Å². The molecule has 2 heteroatoms. The van der Waals surface area contributed by atoms with Crippen LogP contribution in [-0.4, -0.2) is 0 Å². The van der Waals surface area contributed by atoms with Crippen LogP contribution >= 0.6 is 0 Å². The van der Waals surface area contributed by atoms with Gasteiger partial charge in [0.05, 0.1) is 11.1 Å². The lowest BCUT2D eigenvalue weighted by Crippen LogP contribution is -2.26. The summed E-state index contributed by atoms with van der Waals surface area (Å²) in [4.78, 5) is 2.45. The summed E-state index contributed by atoms with van der Waals surface area (Å²) in [5, 5.41) is 2.37. The molecule has 1 heterocycles. The summed E-state index contributed by atoms with van der Waals surface area (Å²) in [6, 6.07) is 73.9. The molecule has 0 saturated carbocycles. The first kappa shape index (κ1) is 34.2. The fourth-order valence-electron chi connectivity index (χ4n) is 10.9. The molecule has 61 heavy (non-hydrogen) atoms. The van der Waals surface area contributed by atoms with Gasteiger partial charge in [0, 0.05) is 22.1 Å². The average molecular weight is 778 g/mol. The van der Waals surface area contributed by atoms with Crippen molar-refractivity contribution >= 4 is 45.1 Å². The summed E-state index contributed by atoms with van der Waals surface area (Å²) < 4.78 is 7.12. The number of aryl methyl sites for hydroxylation is 1. The fourth-order valence-corrected chi connectivity index (χ4v) is 10.9. The van der Waals surface area contributed by atoms with E-state index < -0.39 is 5.41 Å². The molecule has 1 aromatic heterocycles. The number of anilines is 3. The zero-order valence-corrected chi connectivity index (χ0v) is 33.5. The highest BCUT2D eigenvalue weighted by Crippen LogP contribution is 2.63. The van der Waals surface area contributed by atoms with Crippen LogP contribution in [0.3, 0.4) is 0 Å². The summed E-state index contributed by atoms with van der Waals surface area (Å²) in [5.74, 6) is 0. The maximum atomic E-state index is 7.12. The molecule has 0 radical (unpaired) electrons. The van der Waals surface area contributed by atoms with E-state index in [1.807, 2.05) is 0 Å². The summed E-state index contributed by atoms with van der Waals surface area (Å²) in [7, 11) is 0. The molecule has 3 aliphatic carbocycles. The number of nitrogens with zero attached hydrogens (tertiary/aromatic N) is 1. The van der Waals surface area contributed by atoms with Crippen molar-refractivity contribution in [3.8, 4) is 44.5 Å². The number of benzene rings is 9. The predicted molar refractivity (Wildman–Crippen MR) is 253 cm³/mol. The van der Waals surface area contributed by atoms with E-state index in [1.165, 1.54) is 77.7 Å². The van der Waals surface area contributed by atoms with E-state index in [0.717, 1.165) is 52.0 Å². The van der Waals surface area contributed by atoms with Gasteiger partial charge in [-0.15, -0.1) is 0 Å². The van der Waals surface area contributed by atoms with Crippen LogP contribution in [0.25, 0.3) is 72.5 Å². The molecule has 0 fully saturated rings. The second-order valence-corrected chi connectivity index (χ2v) is 16.7. The smallest absolute Gasteiger partial charge is 0.159 e. The number of hydrogen-bond acceptors (Lipinski definition) is 2. The molecular weight excluding hydrogens is 739 g/mol. The number of allylic oxidation sites excluding steroid dienone is 1. The van der Waals surface area contributed by atoms with Crippen LogP contribution < -0.4 is 4.90 Å². The lowest BCUT2D eigenvalue weighted by Gasteiger charge is -2.32. The third-order valence-electron chi connectivity index (χ3n) is 13.5. The van der Waals surface area contributed by atoms with Gasteiger partial charge in [0.15, 0.2) is 5.58 Å². The van der Waals surface area contributed by atoms with Crippen molar-refractivity contribution in [1.82, 2.24) is 0 Å². The third-order valence-corrected chi connectivity index (χ3v) is 13.5. The van der Waals surface area contributed by atoms with Crippen LogP contribution in [0.4, 0.5) is 17.1 Å². The van der Waals surface area contributed by atoms with E-state index in [-0.39, 0.29) is 0 Å². The van der Waals surface area contributed by atoms with Crippen LogP contribution in [0.15, 0.2) is 211 Å². The van der Waals surface area contributed by atoms with Gasteiger partial charge < -0.3 is 9.32 Å². The average Bonchev–Trinajstić information content (AvgIpc) is 3.97. The van der Waals surface area contributed by atoms with Crippen molar-refractivity contribution in [1.29, 1.82) is 0 Å². The van der Waals surface area contributed by atoms with Gasteiger partial charge in [0.2, 0.25) is 0 Å². The quantitative estimate of drug-likeness (QED) is 0.173. The van der Waals surface area contributed by atoms with Crippen LogP contribution in [-0.2, 0) is 11.8 Å². The molecule has 0 unspecified atom stereocenters. The highest BCUT2D eigenvalue weighted by molar-refractivity contribution is 6.14. The topological polar surface area (TPSA) is 16.4 Å². The van der Waals surface area contributed by atoms with E-state index in [0.29, 0.717) is 0 Å². The Hall–Kier alpha value is -7.68. The maximum Gasteiger partial charge on any atom is 0.159 e. The number of hydrogen-bond donors (Lipinski definition) is 0. The van der Waals surface area contributed by atoms with Crippen molar-refractivity contribution < 1.29 is 4.42 Å². The van der Waals surface area contributed by atoms with Crippen molar-refractivity contribution in [3.05, 3.63) is 240 Å². The third kappa shape index (κ3) is 4.91. The zero-order chi connectivity index (χ0) is 40.1. The molecule has 0 amide bonds. The predicted octanol–water partition coefficient (Wildman–Crippen LogP) is 15.7. The summed E-state index contributed by atoms with van der Waals surface area (Å²) in [5.41, 5.74) is 22.3. The molecule has 0 bridgehead atoms. The highest BCUT2D eigenvalue weighted by atomic mass is 16.3. The van der Waals surface area contributed by atoms with Gasteiger partial charge in [-0.25, -0.2) is 0 Å². The Morgan fingerprint density at radius 3 is 1.66 bits per heavy atom. The van der Waals surface area contributed by atoms with E-state index >= 15 is 0 Å². The molecule has 3 aliphatic rings. The minimum absolute atomic E-state index is 0.467. The van der Waals surface area contributed by atoms with Gasteiger partial charge in [-0.3, -0.25) is 0 Å². The number of fused-ring (bicyclic) bond motifs is 15. The van der Waals surface area contributed by atoms with Crippen molar-refractivity contribution in [2.75, 3.05) is 4.90 Å². The first-order valence-electron chi connectivity index (χ1n) is 21.4. The summed E-state index contributed by atoms with van der Waals surface area (Å²) in [6.07, 6.45) is 6.58. The van der Waals surface area contributed by atoms with Crippen LogP contribution in [0.5, 0.6) is 0 Å². The molecule has 0 saturated heterocycles. The normalized spacial score (nSPS) is 13.8. The maximum absolute atomic E-state index is 7.12. The van der Waals surface area contributed by atoms with Gasteiger partial charge in [-0.2, -0.15) is 0 Å². The van der Waals surface area contributed by atoms with Gasteiger partial charge in [-0.1, -0.05) is 170 Å². The van der Waals surface area contributed by atoms with E-state index in [9.17, 15) is 0 Å². The standard InChI is InChI=1S/C59H39NO/c1-3-15-38(16-4-1)40-27-30-43(31-28-40)60(55-36-42(39-17-5-2-6-18-39)35-50-57-45-20-8-7-19-41(45)29-34-56(57)61-58(50)55)44-32-33-49-48-23-11-14-26-53(48)59(54(49)37-44)51-24-12-9-21-46(51)47-22-10-13-25-52(47)59/h1-7,9-19,21-37H,8,20H2. The second-order valence-electron chi connectivity index (χ2n) is 16.7. The monoisotopic (exact) mass is 777 g/mol. The van der Waals surface area contributed by atoms with Crippen LogP contribution in [0, 0.1) is 0 Å². The van der Waals surface area contributed by atoms with Gasteiger partial charge in [0.1, 0.15) is 5.58 Å². The molecule has 0 atom stereocenters. The number of furan rings is 1. The van der Waals surface area contributed by atoms with Crippen LogP contribution in [0.1, 0.15) is 39.8 Å². The Morgan fingerprint density at radius 2 is 1.00 bits per heavy atom. The summed E-state index contributed by atoms with van der Waals surface area (Å²) in [6.45, 7) is 0. The molecular formula is C59H39NO.